The Kier molecular flexibility index (Phi) is 4.65. The van der Waals surface area contributed by atoms with Crippen molar-refractivity contribution in [2.24, 2.45) is 5.92 Å². The summed E-state index contributed by atoms with van der Waals surface area (Å²) in [5, 5.41) is 11.2. The van der Waals surface area contributed by atoms with E-state index in [1.165, 1.54) is 23.3 Å². The second-order valence-electron chi connectivity index (χ2n) is 6.56. The SMILES string of the molecule is CC1CCc2c(C(=O)N(CCCO)C3CCC3)csc2C1. The molecule has 1 fully saturated rings. The Labute approximate surface area is 131 Å². The van der Waals surface area contributed by atoms with Crippen molar-refractivity contribution in [1.29, 1.82) is 0 Å². The van der Waals surface area contributed by atoms with Crippen molar-refractivity contribution < 1.29 is 9.90 Å². The van der Waals surface area contributed by atoms with E-state index >= 15 is 0 Å². The number of aliphatic hydroxyl groups is 1. The van der Waals surface area contributed by atoms with Gasteiger partial charge >= 0.3 is 0 Å². The first kappa shape index (κ1) is 15.0. The zero-order valence-corrected chi connectivity index (χ0v) is 13.6. The first-order chi connectivity index (χ1) is 10.2. The molecule has 116 valence electrons. The molecule has 3 nitrogen and oxygen atoms in total. The van der Waals surface area contributed by atoms with Gasteiger partial charge in [-0.2, -0.15) is 0 Å². The molecule has 1 aromatic rings. The summed E-state index contributed by atoms with van der Waals surface area (Å²) in [5.74, 6) is 0.955. The van der Waals surface area contributed by atoms with Gasteiger partial charge in [0.15, 0.2) is 0 Å². The van der Waals surface area contributed by atoms with Gasteiger partial charge in [0.25, 0.3) is 5.91 Å². The Balaban J connectivity index is 1.79. The summed E-state index contributed by atoms with van der Waals surface area (Å²) in [6.07, 6.45) is 7.55. The summed E-state index contributed by atoms with van der Waals surface area (Å²) in [4.78, 5) is 16.4. The lowest BCUT2D eigenvalue weighted by Gasteiger charge is -2.38. The third kappa shape index (κ3) is 3.02. The molecule has 0 aromatic carbocycles. The van der Waals surface area contributed by atoms with E-state index in [9.17, 15) is 4.79 Å². The van der Waals surface area contributed by atoms with Gasteiger partial charge in [0.05, 0.1) is 5.56 Å². The van der Waals surface area contributed by atoms with E-state index in [1.54, 1.807) is 11.3 Å². The van der Waals surface area contributed by atoms with Crippen LogP contribution >= 0.6 is 11.3 Å². The molecule has 2 aliphatic rings. The molecule has 0 aliphatic heterocycles. The molecule has 2 aliphatic carbocycles. The van der Waals surface area contributed by atoms with Gasteiger partial charge in [0, 0.05) is 29.5 Å². The van der Waals surface area contributed by atoms with E-state index in [0.29, 0.717) is 19.0 Å². The number of hydrogen-bond donors (Lipinski definition) is 1. The van der Waals surface area contributed by atoms with Gasteiger partial charge in [-0.3, -0.25) is 4.79 Å². The molecule has 1 saturated carbocycles. The Morgan fingerprint density at radius 3 is 2.90 bits per heavy atom. The summed E-state index contributed by atoms with van der Waals surface area (Å²) in [6, 6.07) is 0.405. The highest BCUT2D eigenvalue weighted by Crippen LogP contribution is 2.35. The number of aliphatic hydroxyl groups excluding tert-OH is 1. The maximum absolute atomic E-state index is 13.0. The van der Waals surface area contributed by atoms with Crippen molar-refractivity contribution in [1.82, 2.24) is 4.90 Å². The van der Waals surface area contributed by atoms with Crippen LogP contribution in [0.2, 0.25) is 0 Å². The van der Waals surface area contributed by atoms with E-state index in [1.807, 2.05) is 4.90 Å². The predicted octanol–water partition coefficient (Wildman–Crippen LogP) is 3.25. The molecule has 21 heavy (non-hydrogen) atoms. The van der Waals surface area contributed by atoms with E-state index < -0.39 is 0 Å². The Morgan fingerprint density at radius 1 is 1.43 bits per heavy atom. The van der Waals surface area contributed by atoms with Crippen LogP contribution in [0.15, 0.2) is 5.38 Å². The minimum Gasteiger partial charge on any atom is -0.396 e. The number of carbonyl (C=O) groups is 1. The minimum absolute atomic E-state index is 0.162. The molecule has 0 spiro atoms. The minimum atomic E-state index is 0.162. The highest BCUT2D eigenvalue weighted by Gasteiger charge is 2.32. The molecule has 0 saturated heterocycles. The zero-order chi connectivity index (χ0) is 14.8. The number of amides is 1. The Bertz CT molecular complexity index is 507. The van der Waals surface area contributed by atoms with E-state index in [4.69, 9.17) is 5.11 Å². The number of carbonyl (C=O) groups excluding carboxylic acids is 1. The number of thiophene rings is 1. The van der Waals surface area contributed by atoms with Crippen LogP contribution < -0.4 is 0 Å². The van der Waals surface area contributed by atoms with Crippen LogP contribution in [-0.4, -0.2) is 35.1 Å². The van der Waals surface area contributed by atoms with Gasteiger partial charge in [-0.25, -0.2) is 0 Å². The summed E-state index contributed by atoms with van der Waals surface area (Å²) in [5.41, 5.74) is 2.27. The van der Waals surface area contributed by atoms with Crippen LogP contribution in [0, 0.1) is 5.92 Å². The molecule has 1 aromatic heterocycles. The van der Waals surface area contributed by atoms with E-state index in [0.717, 1.165) is 37.2 Å². The molecule has 1 N–H and O–H groups in total. The quantitative estimate of drug-likeness (QED) is 0.907. The third-order valence-electron chi connectivity index (χ3n) is 4.97. The monoisotopic (exact) mass is 307 g/mol. The van der Waals surface area contributed by atoms with E-state index in [-0.39, 0.29) is 12.5 Å². The molecule has 1 amide bonds. The molecule has 3 rings (SSSR count). The fraction of sp³-hybridized carbons (Fsp3) is 0.706. The van der Waals surface area contributed by atoms with Crippen LogP contribution in [0.4, 0.5) is 0 Å². The summed E-state index contributed by atoms with van der Waals surface area (Å²) < 4.78 is 0. The normalized spacial score (nSPS) is 21.7. The molecular weight excluding hydrogens is 282 g/mol. The van der Waals surface area contributed by atoms with Crippen LogP contribution in [0.3, 0.4) is 0 Å². The van der Waals surface area contributed by atoms with Crippen molar-refractivity contribution in [2.45, 2.75) is 57.9 Å². The standard InChI is InChI=1S/C17H25NO2S/c1-12-6-7-14-15(11-21-16(14)10-12)17(20)18(8-3-9-19)13-4-2-5-13/h11-13,19H,2-10H2,1H3. The van der Waals surface area contributed by atoms with Crippen molar-refractivity contribution in [2.75, 3.05) is 13.2 Å². The maximum atomic E-state index is 13.0. The smallest absolute Gasteiger partial charge is 0.255 e. The Hall–Kier alpha value is -0.870. The summed E-state index contributed by atoms with van der Waals surface area (Å²) >= 11 is 1.77. The lowest BCUT2D eigenvalue weighted by Crippen LogP contribution is -2.45. The number of rotatable bonds is 5. The average Bonchev–Trinajstić information content (AvgIpc) is 2.83. The molecular formula is C17H25NO2S. The van der Waals surface area contributed by atoms with E-state index in [2.05, 4.69) is 12.3 Å². The number of nitrogens with zero attached hydrogens (tertiary/aromatic N) is 1. The highest BCUT2D eigenvalue weighted by molar-refractivity contribution is 7.10. The lowest BCUT2D eigenvalue weighted by atomic mass is 9.87. The van der Waals surface area contributed by atoms with Crippen molar-refractivity contribution in [3.05, 3.63) is 21.4 Å². The molecule has 4 heteroatoms. The average molecular weight is 307 g/mol. The van der Waals surface area contributed by atoms with Gasteiger partial charge < -0.3 is 10.0 Å². The van der Waals surface area contributed by atoms with Crippen molar-refractivity contribution in [3.63, 3.8) is 0 Å². The number of fused-ring (bicyclic) bond motifs is 1. The second kappa shape index (κ2) is 6.49. The molecule has 1 heterocycles. The first-order valence-electron chi connectivity index (χ1n) is 8.21. The lowest BCUT2D eigenvalue weighted by molar-refractivity contribution is 0.0561. The van der Waals surface area contributed by atoms with Crippen LogP contribution in [0.25, 0.3) is 0 Å². The summed E-state index contributed by atoms with van der Waals surface area (Å²) in [7, 11) is 0. The van der Waals surface area contributed by atoms with Crippen molar-refractivity contribution in [3.8, 4) is 0 Å². The van der Waals surface area contributed by atoms with Crippen LogP contribution in [0.5, 0.6) is 0 Å². The maximum Gasteiger partial charge on any atom is 0.255 e. The van der Waals surface area contributed by atoms with Gasteiger partial charge in [0.2, 0.25) is 0 Å². The largest absolute Gasteiger partial charge is 0.396 e. The van der Waals surface area contributed by atoms with Crippen LogP contribution in [-0.2, 0) is 12.8 Å². The zero-order valence-electron chi connectivity index (χ0n) is 12.8. The molecule has 1 atom stereocenters. The fourth-order valence-corrected chi connectivity index (χ4v) is 4.64. The number of hydrogen-bond acceptors (Lipinski definition) is 3. The van der Waals surface area contributed by atoms with Gasteiger partial charge in [-0.1, -0.05) is 6.92 Å². The van der Waals surface area contributed by atoms with Gasteiger partial charge in [-0.05, 0) is 56.4 Å². The van der Waals surface area contributed by atoms with Gasteiger partial charge in [0.1, 0.15) is 0 Å². The molecule has 0 radical (unpaired) electrons. The first-order valence-corrected chi connectivity index (χ1v) is 9.09. The second-order valence-corrected chi connectivity index (χ2v) is 7.52. The third-order valence-corrected chi connectivity index (χ3v) is 6.02. The summed E-state index contributed by atoms with van der Waals surface area (Å²) in [6.45, 7) is 3.16. The predicted molar refractivity (Wildman–Crippen MR) is 85.9 cm³/mol. The van der Waals surface area contributed by atoms with Crippen LogP contribution in [0.1, 0.15) is 59.8 Å². The topological polar surface area (TPSA) is 40.5 Å². The Morgan fingerprint density at radius 2 is 2.24 bits per heavy atom. The van der Waals surface area contributed by atoms with Gasteiger partial charge in [-0.15, -0.1) is 11.3 Å². The fourth-order valence-electron chi connectivity index (χ4n) is 3.40. The van der Waals surface area contributed by atoms with Crippen molar-refractivity contribution >= 4 is 17.2 Å². The highest BCUT2D eigenvalue weighted by atomic mass is 32.1. The molecule has 1 unspecified atom stereocenters. The molecule has 0 bridgehead atoms.